The van der Waals surface area contributed by atoms with Gasteiger partial charge in [-0.05, 0) is 20.8 Å². The third kappa shape index (κ3) is 4.03. The van der Waals surface area contributed by atoms with Gasteiger partial charge in [-0.25, -0.2) is 9.78 Å². The van der Waals surface area contributed by atoms with E-state index in [1.54, 1.807) is 13.0 Å². The SMILES string of the molecule is COC(=O)C(C)=CCNCc1nc(C)c(C)o1. The number of carbonyl (C=O) groups excluding carboxylic acids is 1. The van der Waals surface area contributed by atoms with Crippen molar-refractivity contribution in [3.05, 3.63) is 29.0 Å². The Morgan fingerprint density at radius 2 is 2.24 bits per heavy atom. The maximum absolute atomic E-state index is 11.1. The number of oxazole rings is 1. The number of aromatic nitrogens is 1. The number of aryl methyl sites for hydroxylation is 2. The molecule has 0 radical (unpaired) electrons. The van der Waals surface area contributed by atoms with E-state index in [1.807, 2.05) is 13.8 Å². The first-order chi connectivity index (χ1) is 8.04. The normalized spacial score (nSPS) is 11.6. The first-order valence-electron chi connectivity index (χ1n) is 5.43. The number of rotatable bonds is 5. The first kappa shape index (κ1) is 13.4. The molecule has 1 N–H and O–H groups in total. The van der Waals surface area contributed by atoms with E-state index in [0.29, 0.717) is 24.6 Å². The Bertz CT molecular complexity index is 402. The van der Waals surface area contributed by atoms with Crippen LogP contribution in [0.5, 0.6) is 0 Å². The van der Waals surface area contributed by atoms with E-state index in [2.05, 4.69) is 15.0 Å². The van der Waals surface area contributed by atoms with Crippen LogP contribution in [0.2, 0.25) is 0 Å². The Labute approximate surface area is 101 Å². The summed E-state index contributed by atoms with van der Waals surface area (Å²) in [5.74, 6) is 1.18. The van der Waals surface area contributed by atoms with E-state index in [9.17, 15) is 4.79 Å². The second-order valence-corrected chi connectivity index (χ2v) is 3.76. The summed E-state index contributed by atoms with van der Waals surface area (Å²) in [5, 5.41) is 3.11. The van der Waals surface area contributed by atoms with Crippen LogP contribution >= 0.6 is 0 Å². The zero-order chi connectivity index (χ0) is 12.8. The molecule has 0 amide bonds. The lowest BCUT2D eigenvalue weighted by molar-refractivity contribution is -0.136. The molecule has 0 aromatic carbocycles. The number of methoxy groups -OCH3 is 1. The summed E-state index contributed by atoms with van der Waals surface area (Å²) >= 11 is 0. The Morgan fingerprint density at radius 3 is 2.76 bits per heavy atom. The summed E-state index contributed by atoms with van der Waals surface area (Å²) in [6.07, 6.45) is 1.77. The van der Waals surface area contributed by atoms with Crippen molar-refractivity contribution in [2.45, 2.75) is 27.3 Å². The monoisotopic (exact) mass is 238 g/mol. The third-order valence-corrected chi connectivity index (χ3v) is 2.41. The van der Waals surface area contributed by atoms with E-state index in [4.69, 9.17) is 4.42 Å². The van der Waals surface area contributed by atoms with Crippen molar-refractivity contribution in [3.63, 3.8) is 0 Å². The molecule has 0 bridgehead atoms. The smallest absolute Gasteiger partial charge is 0.333 e. The number of carbonyl (C=O) groups is 1. The average molecular weight is 238 g/mol. The lowest BCUT2D eigenvalue weighted by Gasteiger charge is -2.00. The van der Waals surface area contributed by atoms with Crippen LogP contribution in [0.25, 0.3) is 0 Å². The summed E-state index contributed by atoms with van der Waals surface area (Å²) in [7, 11) is 1.37. The van der Waals surface area contributed by atoms with Gasteiger partial charge in [0, 0.05) is 12.1 Å². The minimum absolute atomic E-state index is 0.311. The molecule has 0 unspecified atom stereocenters. The summed E-state index contributed by atoms with van der Waals surface area (Å²) in [6.45, 7) is 6.62. The molecule has 0 saturated heterocycles. The molecule has 0 spiro atoms. The Hall–Kier alpha value is -1.62. The topological polar surface area (TPSA) is 64.4 Å². The fourth-order valence-electron chi connectivity index (χ4n) is 1.26. The van der Waals surface area contributed by atoms with Crippen molar-refractivity contribution in [2.75, 3.05) is 13.7 Å². The van der Waals surface area contributed by atoms with Crippen molar-refractivity contribution in [3.8, 4) is 0 Å². The van der Waals surface area contributed by atoms with E-state index in [0.717, 1.165) is 11.5 Å². The van der Waals surface area contributed by atoms with Crippen LogP contribution in [0.3, 0.4) is 0 Å². The van der Waals surface area contributed by atoms with Crippen molar-refractivity contribution in [1.29, 1.82) is 0 Å². The Kier molecular flexibility index (Phi) is 4.90. The standard InChI is InChI=1S/C12H18N2O3/c1-8(12(15)16-4)5-6-13-7-11-14-9(2)10(3)17-11/h5,13H,6-7H2,1-4H3. The molecule has 0 saturated carbocycles. The summed E-state index contributed by atoms with van der Waals surface area (Å²) in [4.78, 5) is 15.3. The quantitative estimate of drug-likeness (QED) is 0.478. The molecule has 5 nitrogen and oxygen atoms in total. The molecule has 17 heavy (non-hydrogen) atoms. The molecule has 1 aromatic heterocycles. The van der Waals surface area contributed by atoms with Gasteiger partial charge < -0.3 is 14.5 Å². The molecule has 5 heteroatoms. The van der Waals surface area contributed by atoms with Gasteiger partial charge in [0.05, 0.1) is 19.3 Å². The first-order valence-corrected chi connectivity index (χ1v) is 5.43. The van der Waals surface area contributed by atoms with Gasteiger partial charge in [0.25, 0.3) is 0 Å². The van der Waals surface area contributed by atoms with Crippen LogP contribution in [-0.4, -0.2) is 24.6 Å². The molecule has 0 aliphatic heterocycles. The van der Waals surface area contributed by atoms with E-state index < -0.39 is 0 Å². The van der Waals surface area contributed by atoms with Crippen LogP contribution in [0.15, 0.2) is 16.1 Å². The highest BCUT2D eigenvalue weighted by Gasteiger charge is 2.04. The van der Waals surface area contributed by atoms with Crippen LogP contribution < -0.4 is 5.32 Å². The van der Waals surface area contributed by atoms with Gasteiger partial charge in [0.2, 0.25) is 5.89 Å². The van der Waals surface area contributed by atoms with Gasteiger partial charge in [0.1, 0.15) is 5.76 Å². The highest BCUT2D eigenvalue weighted by molar-refractivity contribution is 5.87. The second kappa shape index (κ2) is 6.20. The van der Waals surface area contributed by atoms with Crippen LogP contribution in [0, 0.1) is 13.8 Å². The lowest BCUT2D eigenvalue weighted by Crippen LogP contribution is -2.14. The van der Waals surface area contributed by atoms with Gasteiger partial charge in [-0.15, -0.1) is 0 Å². The molecule has 0 aliphatic carbocycles. The molecule has 0 aliphatic rings. The fourth-order valence-corrected chi connectivity index (χ4v) is 1.26. The van der Waals surface area contributed by atoms with Crippen LogP contribution in [0.1, 0.15) is 24.3 Å². The average Bonchev–Trinajstić information content (AvgIpc) is 2.63. The van der Waals surface area contributed by atoms with Crippen molar-refractivity contribution >= 4 is 5.97 Å². The third-order valence-electron chi connectivity index (χ3n) is 2.41. The minimum Gasteiger partial charge on any atom is -0.466 e. The van der Waals surface area contributed by atoms with Gasteiger partial charge in [0.15, 0.2) is 0 Å². The highest BCUT2D eigenvalue weighted by Crippen LogP contribution is 2.07. The minimum atomic E-state index is -0.311. The number of ether oxygens (including phenoxy) is 1. The van der Waals surface area contributed by atoms with Crippen molar-refractivity contribution < 1.29 is 13.9 Å². The molecule has 0 fully saturated rings. The number of nitrogens with one attached hydrogen (secondary N) is 1. The van der Waals surface area contributed by atoms with E-state index in [-0.39, 0.29) is 5.97 Å². The predicted molar refractivity (Wildman–Crippen MR) is 63.5 cm³/mol. The number of hydrogen-bond donors (Lipinski definition) is 1. The largest absolute Gasteiger partial charge is 0.466 e. The molecular weight excluding hydrogens is 220 g/mol. The summed E-state index contributed by atoms with van der Waals surface area (Å²) in [5.41, 5.74) is 1.49. The Morgan fingerprint density at radius 1 is 1.53 bits per heavy atom. The second-order valence-electron chi connectivity index (χ2n) is 3.76. The van der Waals surface area contributed by atoms with E-state index >= 15 is 0 Å². The maximum atomic E-state index is 11.1. The van der Waals surface area contributed by atoms with Gasteiger partial charge in [-0.1, -0.05) is 6.08 Å². The molecular formula is C12H18N2O3. The Balaban J connectivity index is 2.36. The number of esters is 1. The number of nitrogens with zero attached hydrogens (tertiary/aromatic N) is 1. The van der Waals surface area contributed by atoms with Crippen molar-refractivity contribution in [1.82, 2.24) is 10.3 Å². The van der Waals surface area contributed by atoms with Gasteiger partial charge in [-0.3, -0.25) is 0 Å². The highest BCUT2D eigenvalue weighted by atomic mass is 16.5. The zero-order valence-electron chi connectivity index (χ0n) is 10.7. The molecule has 1 heterocycles. The predicted octanol–water partition coefficient (Wildman–Crippen LogP) is 1.50. The van der Waals surface area contributed by atoms with Crippen LogP contribution in [0.4, 0.5) is 0 Å². The molecule has 0 atom stereocenters. The lowest BCUT2D eigenvalue weighted by atomic mass is 10.3. The summed E-state index contributed by atoms with van der Waals surface area (Å²) in [6, 6.07) is 0. The van der Waals surface area contributed by atoms with Gasteiger partial charge in [-0.2, -0.15) is 0 Å². The zero-order valence-corrected chi connectivity index (χ0v) is 10.7. The molecule has 94 valence electrons. The van der Waals surface area contributed by atoms with Gasteiger partial charge >= 0.3 is 5.97 Å². The molecule has 1 aromatic rings. The van der Waals surface area contributed by atoms with Crippen molar-refractivity contribution in [2.24, 2.45) is 0 Å². The fraction of sp³-hybridized carbons (Fsp3) is 0.500. The van der Waals surface area contributed by atoms with Crippen LogP contribution in [-0.2, 0) is 16.1 Å². The maximum Gasteiger partial charge on any atom is 0.333 e. The van der Waals surface area contributed by atoms with E-state index in [1.165, 1.54) is 7.11 Å². The summed E-state index contributed by atoms with van der Waals surface area (Å²) < 4.78 is 9.98. The molecule has 1 rings (SSSR count). The number of hydrogen-bond acceptors (Lipinski definition) is 5.